The maximum absolute atomic E-state index is 13.1. The van der Waals surface area contributed by atoms with Gasteiger partial charge >= 0.3 is 6.18 Å². The van der Waals surface area contributed by atoms with E-state index >= 15 is 0 Å². The molecule has 0 amide bonds. The van der Waals surface area contributed by atoms with Crippen molar-refractivity contribution in [2.75, 3.05) is 18.3 Å². The van der Waals surface area contributed by atoms with Crippen LogP contribution in [0.1, 0.15) is 24.0 Å². The van der Waals surface area contributed by atoms with Gasteiger partial charge in [-0.05, 0) is 37.1 Å². The molecule has 0 spiro atoms. The van der Waals surface area contributed by atoms with Crippen molar-refractivity contribution in [2.24, 2.45) is 0 Å². The molecule has 1 aromatic rings. The summed E-state index contributed by atoms with van der Waals surface area (Å²) in [6.07, 6.45) is -3.71. The van der Waals surface area contributed by atoms with E-state index in [1.807, 2.05) is 0 Å². The molecule has 1 atom stereocenters. The van der Waals surface area contributed by atoms with Crippen LogP contribution in [-0.2, 0) is 12.7 Å². The van der Waals surface area contributed by atoms with E-state index in [1.165, 1.54) is 12.1 Å². The highest BCUT2D eigenvalue weighted by Crippen LogP contribution is 2.35. The van der Waals surface area contributed by atoms with Crippen LogP contribution in [0.2, 0.25) is 0 Å². The molecule has 3 N–H and O–H groups in total. The fourth-order valence-corrected chi connectivity index (χ4v) is 2.51. The first-order chi connectivity index (χ1) is 9.77. The second-order valence-corrected chi connectivity index (χ2v) is 5.16. The minimum atomic E-state index is -4.59. The number of aliphatic hydroxyl groups excluding tert-OH is 1. The van der Waals surface area contributed by atoms with Crippen molar-refractivity contribution in [3.05, 3.63) is 29.3 Å². The molecule has 0 saturated carbocycles. The van der Waals surface area contributed by atoms with E-state index in [0.717, 1.165) is 6.42 Å². The molecule has 0 bridgehead atoms. The Labute approximate surface area is 119 Å². The average molecular weight is 306 g/mol. The third-order valence-electron chi connectivity index (χ3n) is 3.50. The van der Waals surface area contributed by atoms with Gasteiger partial charge in [0.05, 0.1) is 17.4 Å². The van der Waals surface area contributed by atoms with E-state index in [9.17, 15) is 18.3 Å². The number of hydrogen-bond donors (Lipinski definition) is 3. The summed E-state index contributed by atoms with van der Waals surface area (Å²) in [6.45, 7) is 1.02. The average Bonchev–Trinajstić information content (AvgIpc) is 2.37. The standard InChI is InChI=1S/C13H17F3N2O3/c14-13(15,16)12-6-10(18(20)21)4-3-9(12)7-17-5-1-2-11(19)8-17/h3-4,6,11,19-21H,1-2,5,7-8H2. The molecule has 118 valence electrons. The molecule has 0 aliphatic carbocycles. The van der Waals surface area contributed by atoms with Gasteiger partial charge in [0, 0.05) is 13.1 Å². The Morgan fingerprint density at radius 2 is 2.00 bits per heavy atom. The summed E-state index contributed by atoms with van der Waals surface area (Å²) in [5, 5.41) is 26.9. The third kappa shape index (κ3) is 4.07. The van der Waals surface area contributed by atoms with E-state index < -0.39 is 17.8 Å². The van der Waals surface area contributed by atoms with Gasteiger partial charge < -0.3 is 5.11 Å². The number of aliphatic hydroxyl groups is 1. The fraction of sp³-hybridized carbons (Fsp3) is 0.538. The molecule has 1 unspecified atom stereocenters. The van der Waals surface area contributed by atoms with E-state index in [4.69, 9.17) is 10.4 Å². The summed E-state index contributed by atoms with van der Waals surface area (Å²) in [5.74, 6) is 0. The molecule has 21 heavy (non-hydrogen) atoms. The topological polar surface area (TPSA) is 67.2 Å². The Bertz CT molecular complexity index is 494. The van der Waals surface area contributed by atoms with Crippen molar-refractivity contribution < 1.29 is 28.7 Å². The highest BCUT2D eigenvalue weighted by molar-refractivity contribution is 5.48. The van der Waals surface area contributed by atoms with Gasteiger partial charge in [-0.25, -0.2) is 0 Å². The fourth-order valence-electron chi connectivity index (χ4n) is 2.51. The van der Waals surface area contributed by atoms with E-state index in [2.05, 4.69) is 0 Å². The van der Waals surface area contributed by atoms with Gasteiger partial charge in [0.1, 0.15) is 0 Å². The Hall–Kier alpha value is -1.35. The lowest BCUT2D eigenvalue weighted by atomic mass is 10.0. The zero-order chi connectivity index (χ0) is 15.6. The van der Waals surface area contributed by atoms with Crippen LogP contribution in [0.3, 0.4) is 0 Å². The molecule has 1 saturated heterocycles. The van der Waals surface area contributed by atoms with Gasteiger partial charge in [-0.2, -0.15) is 13.2 Å². The van der Waals surface area contributed by atoms with Crippen molar-refractivity contribution in [1.29, 1.82) is 0 Å². The minimum absolute atomic E-state index is 0.0437. The highest BCUT2D eigenvalue weighted by Gasteiger charge is 2.34. The van der Waals surface area contributed by atoms with Crippen LogP contribution < -0.4 is 5.23 Å². The second kappa shape index (κ2) is 6.18. The quantitative estimate of drug-likeness (QED) is 0.747. The lowest BCUT2D eigenvalue weighted by Gasteiger charge is -2.30. The Morgan fingerprint density at radius 3 is 2.57 bits per heavy atom. The molecule has 0 aromatic heterocycles. The molecule has 2 rings (SSSR count). The number of alkyl halides is 3. The van der Waals surface area contributed by atoms with E-state index in [0.29, 0.717) is 25.6 Å². The number of halogens is 3. The summed E-state index contributed by atoms with van der Waals surface area (Å²) < 4.78 is 39.2. The predicted molar refractivity (Wildman–Crippen MR) is 68.0 cm³/mol. The Kier molecular flexibility index (Phi) is 4.72. The summed E-state index contributed by atoms with van der Waals surface area (Å²) in [4.78, 5) is 1.76. The number of likely N-dealkylation sites (tertiary alicyclic amines) is 1. The number of hydrogen-bond acceptors (Lipinski definition) is 5. The van der Waals surface area contributed by atoms with Gasteiger partial charge in [-0.15, -0.1) is 5.23 Å². The van der Waals surface area contributed by atoms with Gasteiger partial charge in [-0.3, -0.25) is 15.3 Å². The number of nitrogens with zero attached hydrogens (tertiary/aromatic N) is 2. The molecule has 1 fully saturated rings. The molecule has 1 aliphatic heterocycles. The van der Waals surface area contributed by atoms with Gasteiger partial charge in [-0.1, -0.05) is 6.07 Å². The molecule has 1 aliphatic rings. The third-order valence-corrected chi connectivity index (χ3v) is 3.50. The van der Waals surface area contributed by atoms with Crippen molar-refractivity contribution in [1.82, 2.24) is 4.90 Å². The Balaban J connectivity index is 2.25. The van der Waals surface area contributed by atoms with E-state index in [-0.39, 0.29) is 23.0 Å². The molecule has 0 radical (unpaired) electrons. The van der Waals surface area contributed by atoms with Crippen molar-refractivity contribution in [3.63, 3.8) is 0 Å². The second-order valence-electron chi connectivity index (χ2n) is 5.16. The van der Waals surface area contributed by atoms with Crippen LogP contribution >= 0.6 is 0 Å². The first-order valence-corrected chi connectivity index (χ1v) is 6.56. The lowest BCUT2D eigenvalue weighted by Crippen LogP contribution is -2.38. The summed E-state index contributed by atoms with van der Waals surface area (Å²) in [6, 6.07) is 3.11. The highest BCUT2D eigenvalue weighted by atomic mass is 19.4. The first-order valence-electron chi connectivity index (χ1n) is 6.56. The lowest BCUT2D eigenvalue weighted by molar-refractivity contribution is -0.138. The molecule has 1 heterocycles. The van der Waals surface area contributed by atoms with Crippen molar-refractivity contribution in [2.45, 2.75) is 31.7 Å². The molecular formula is C13H17F3N2O3. The van der Waals surface area contributed by atoms with Crippen LogP contribution in [0.15, 0.2) is 18.2 Å². The molecular weight excluding hydrogens is 289 g/mol. The van der Waals surface area contributed by atoms with Crippen molar-refractivity contribution in [3.8, 4) is 0 Å². The number of anilines is 1. The molecule has 1 aromatic carbocycles. The van der Waals surface area contributed by atoms with Crippen LogP contribution in [0.4, 0.5) is 18.9 Å². The van der Waals surface area contributed by atoms with Crippen LogP contribution in [-0.4, -0.2) is 39.6 Å². The maximum atomic E-state index is 13.1. The number of benzene rings is 1. The zero-order valence-electron chi connectivity index (χ0n) is 11.2. The first kappa shape index (κ1) is 16.0. The summed E-state index contributed by atoms with van der Waals surface area (Å²) in [7, 11) is 0. The monoisotopic (exact) mass is 306 g/mol. The SMILES string of the molecule is OC1CCCN(Cc2ccc(N(O)O)cc2C(F)(F)F)C1. The van der Waals surface area contributed by atoms with Crippen LogP contribution in [0.5, 0.6) is 0 Å². The smallest absolute Gasteiger partial charge is 0.392 e. The molecule has 5 nitrogen and oxygen atoms in total. The van der Waals surface area contributed by atoms with Crippen LogP contribution in [0, 0.1) is 0 Å². The maximum Gasteiger partial charge on any atom is 0.416 e. The molecule has 8 heteroatoms. The van der Waals surface area contributed by atoms with Gasteiger partial charge in [0.25, 0.3) is 0 Å². The largest absolute Gasteiger partial charge is 0.416 e. The van der Waals surface area contributed by atoms with Crippen molar-refractivity contribution >= 4 is 5.69 Å². The minimum Gasteiger partial charge on any atom is -0.392 e. The predicted octanol–water partition coefficient (Wildman–Crippen LogP) is 2.25. The normalized spacial score (nSPS) is 20.6. The van der Waals surface area contributed by atoms with Gasteiger partial charge in [0.2, 0.25) is 0 Å². The Morgan fingerprint density at radius 1 is 1.29 bits per heavy atom. The van der Waals surface area contributed by atoms with Crippen LogP contribution in [0.25, 0.3) is 0 Å². The summed E-state index contributed by atoms with van der Waals surface area (Å²) in [5.41, 5.74) is -1.22. The number of rotatable bonds is 3. The van der Waals surface area contributed by atoms with E-state index in [1.54, 1.807) is 4.90 Å². The summed E-state index contributed by atoms with van der Waals surface area (Å²) >= 11 is 0. The number of β-amino-alcohol motifs (C(OH)–C–C–N with tert-alkyl or cyclic N) is 1. The van der Waals surface area contributed by atoms with Gasteiger partial charge in [0.15, 0.2) is 0 Å². The number of piperidine rings is 1. The zero-order valence-corrected chi connectivity index (χ0v) is 11.2.